The van der Waals surface area contributed by atoms with Crippen molar-refractivity contribution in [1.82, 2.24) is 10.6 Å². The highest BCUT2D eigenvalue weighted by Gasteiger charge is 2.21. The number of benzene rings is 2. The fourth-order valence-electron chi connectivity index (χ4n) is 4.02. The number of nitriles is 1. The van der Waals surface area contributed by atoms with Crippen LogP contribution in [-0.4, -0.2) is 30.4 Å². The molecule has 2 aromatic rings. The summed E-state index contributed by atoms with van der Waals surface area (Å²) in [5.74, 6) is 1.30. The molecule has 1 saturated carbocycles. The number of nitrogens with one attached hydrogen (secondary N) is 2. The monoisotopic (exact) mass is 407 g/mol. The van der Waals surface area contributed by atoms with Gasteiger partial charge in [0.15, 0.2) is 0 Å². The van der Waals surface area contributed by atoms with E-state index in [1.807, 2.05) is 43.3 Å². The summed E-state index contributed by atoms with van der Waals surface area (Å²) in [6, 6.07) is 16.4. The molecule has 0 atom stereocenters. The lowest BCUT2D eigenvalue weighted by Crippen LogP contribution is -2.36. The fraction of sp³-hybridized carbons (Fsp3) is 0.417. The lowest BCUT2D eigenvalue weighted by Gasteiger charge is -2.29. The molecule has 2 aromatic carbocycles. The van der Waals surface area contributed by atoms with Gasteiger partial charge in [-0.05, 0) is 73.9 Å². The summed E-state index contributed by atoms with van der Waals surface area (Å²) in [5.41, 5.74) is 3.84. The van der Waals surface area contributed by atoms with Gasteiger partial charge in [0, 0.05) is 24.7 Å². The Morgan fingerprint density at radius 1 is 1.17 bits per heavy atom. The zero-order chi connectivity index (χ0) is 21.3. The van der Waals surface area contributed by atoms with Crippen molar-refractivity contribution in [2.45, 2.75) is 45.2 Å². The highest BCUT2D eigenvalue weighted by molar-refractivity contribution is 5.67. The lowest BCUT2D eigenvalue weighted by molar-refractivity contribution is 0.189. The van der Waals surface area contributed by atoms with Gasteiger partial charge in [-0.15, -0.1) is 0 Å². The Morgan fingerprint density at radius 3 is 2.63 bits per heavy atom. The van der Waals surface area contributed by atoms with Gasteiger partial charge in [-0.25, -0.2) is 4.79 Å². The Balaban J connectivity index is 1.64. The van der Waals surface area contributed by atoms with E-state index in [2.05, 4.69) is 22.8 Å². The highest BCUT2D eigenvalue weighted by atomic mass is 16.5. The summed E-state index contributed by atoms with van der Waals surface area (Å²) < 4.78 is 5.83. The predicted molar refractivity (Wildman–Crippen MR) is 116 cm³/mol. The van der Waals surface area contributed by atoms with Gasteiger partial charge >= 0.3 is 6.09 Å². The first-order valence-electron chi connectivity index (χ1n) is 10.6. The van der Waals surface area contributed by atoms with Crippen LogP contribution in [0.3, 0.4) is 0 Å². The normalized spacial score (nSPS) is 18.4. The number of carboxylic acid groups (broad SMARTS) is 1. The van der Waals surface area contributed by atoms with Crippen LogP contribution in [0.2, 0.25) is 0 Å². The van der Waals surface area contributed by atoms with Crippen molar-refractivity contribution in [3.05, 3.63) is 53.6 Å². The van der Waals surface area contributed by atoms with Crippen molar-refractivity contribution in [3.8, 4) is 22.9 Å². The van der Waals surface area contributed by atoms with Crippen LogP contribution in [-0.2, 0) is 6.54 Å². The quantitative estimate of drug-likeness (QED) is 0.597. The van der Waals surface area contributed by atoms with E-state index >= 15 is 0 Å². The van der Waals surface area contributed by atoms with Gasteiger partial charge in [0.1, 0.15) is 5.75 Å². The van der Waals surface area contributed by atoms with Gasteiger partial charge in [-0.3, -0.25) is 0 Å². The minimum atomic E-state index is -0.945. The molecule has 1 amide bonds. The van der Waals surface area contributed by atoms with Gasteiger partial charge in [-0.2, -0.15) is 5.26 Å². The second-order valence-electron chi connectivity index (χ2n) is 7.73. The average molecular weight is 408 g/mol. The van der Waals surface area contributed by atoms with Crippen LogP contribution >= 0.6 is 0 Å². The maximum Gasteiger partial charge on any atom is 0.404 e. The first-order valence-corrected chi connectivity index (χ1v) is 10.6. The maximum absolute atomic E-state index is 10.7. The van der Waals surface area contributed by atoms with E-state index in [0.717, 1.165) is 48.1 Å². The number of hydrogen-bond acceptors (Lipinski definition) is 4. The summed E-state index contributed by atoms with van der Waals surface area (Å²) in [6.07, 6.45) is 3.19. The minimum absolute atomic E-state index is 0.422. The number of hydrogen-bond donors (Lipinski definition) is 3. The number of amides is 1. The molecule has 30 heavy (non-hydrogen) atoms. The Bertz CT molecular complexity index is 899. The van der Waals surface area contributed by atoms with Crippen LogP contribution in [0.25, 0.3) is 11.1 Å². The van der Waals surface area contributed by atoms with Crippen molar-refractivity contribution in [1.29, 1.82) is 5.26 Å². The molecule has 6 heteroatoms. The minimum Gasteiger partial charge on any atom is -0.494 e. The SMILES string of the molecule is CCOc1ccc(-c2cccc(C#N)c2)cc1CNC1CCC(CNC(=O)O)CC1. The maximum atomic E-state index is 10.7. The molecule has 3 rings (SSSR count). The molecular weight excluding hydrogens is 378 g/mol. The van der Waals surface area contributed by atoms with E-state index < -0.39 is 6.09 Å². The molecule has 0 saturated heterocycles. The van der Waals surface area contributed by atoms with Crippen molar-refractivity contribution in [2.24, 2.45) is 5.92 Å². The fourth-order valence-corrected chi connectivity index (χ4v) is 4.02. The first kappa shape index (κ1) is 21.7. The van der Waals surface area contributed by atoms with Crippen molar-refractivity contribution < 1.29 is 14.6 Å². The molecule has 0 spiro atoms. The van der Waals surface area contributed by atoms with Crippen LogP contribution in [0.1, 0.15) is 43.7 Å². The second kappa shape index (κ2) is 10.7. The van der Waals surface area contributed by atoms with Crippen LogP contribution in [0.15, 0.2) is 42.5 Å². The van der Waals surface area contributed by atoms with Crippen LogP contribution in [0.5, 0.6) is 5.75 Å². The standard InChI is InChI=1S/C24H29N3O3/c1-2-30-23-11-8-20(19-5-3-4-18(12-19)14-25)13-21(23)16-26-22-9-6-17(7-10-22)15-27-24(28)29/h3-5,8,11-13,17,22,26-27H,2,6-7,9-10,15-16H2,1H3,(H,28,29). The zero-order valence-electron chi connectivity index (χ0n) is 17.4. The molecule has 3 N–H and O–H groups in total. The van der Waals surface area contributed by atoms with Gasteiger partial charge in [0.05, 0.1) is 18.2 Å². The summed E-state index contributed by atoms with van der Waals surface area (Å²) in [7, 11) is 0. The molecular formula is C24H29N3O3. The smallest absolute Gasteiger partial charge is 0.404 e. The third-order valence-electron chi connectivity index (χ3n) is 5.66. The van der Waals surface area contributed by atoms with Gasteiger partial charge in [0.25, 0.3) is 0 Å². The van der Waals surface area contributed by atoms with Crippen LogP contribution < -0.4 is 15.4 Å². The molecule has 1 fully saturated rings. The van der Waals surface area contributed by atoms with E-state index in [1.54, 1.807) is 0 Å². The molecule has 1 aliphatic rings. The van der Waals surface area contributed by atoms with Crippen molar-refractivity contribution in [2.75, 3.05) is 13.2 Å². The van der Waals surface area contributed by atoms with Gasteiger partial charge < -0.3 is 20.5 Å². The van der Waals surface area contributed by atoms with E-state index in [4.69, 9.17) is 9.84 Å². The predicted octanol–water partition coefficient (Wildman–Crippen LogP) is 4.54. The molecule has 0 unspecified atom stereocenters. The lowest BCUT2D eigenvalue weighted by atomic mass is 9.86. The Morgan fingerprint density at radius 2 is 1.93 bits per heavy atom. The van der Waals surface area contributed by atoms with E-state index in [-0.39, 0.29) is 0 Å². The highest BCUT2D eigenvalue weighted by Crippen LogP contribution is 2.29. The molecule has 0 heterocycles. The number of carbonyl (C=O) groups is 1. The van der Waals surface area contributed by atoms with Gasteiger partial charge in [0.2, 0.25) is 0 Å². The topological polar surface area (TPSA) is 94.4 Å². The summed E-state index contributed by atoms with van der Waals surface area (Å²) >= 11 is 0. The number of ether oxygens (including phenoxy) is 1. The third-order valence-corrected chi connectivity index (χ3v) is 5.66. The molecule has 0 radical (unpaired) electrons. The molecule has 0 bridgehead atoms. The number of rotatable bonds is 8. The molecule has 6 nitrogen and oxygen atoms in total. The van der Waals surface area contributed by atoms with Gasteiger partial charge in [-0.1, -0.05) is 18.2 Å². The Kier molecular flexibility index (Phi) is 7.69. The summed E-state index contributed by atoms with van der Waals surface area (Å²) in [5, 5.41) is 24.1. The van der Waals surface area contributed by atoms with Crippen molar-refractivity contribution in [3.63, 3.8) is 0 Å². The van der Waals surface area contributed by atoms with E-state index in [9.17, 15) is 10.1 Å². The van der Waals surface area contributed by atoms with Crippen LogP contribution in [0.4, 0.5) is 4.79 Å². The Labute approximate surface area is 177 Å². The molecule has 0 aliphatic heterocycles. The number of nitrogens with zero attached hydrogens (tertiary/aromatic N) is 1. The zero-order valence-corrected chi connectivity index (χ0v) is 17.4. The second-order valence-corrected chi connectivity index (χ2v) is 7.73. The van der Waals surface area contributed by atoms with E-state index in [0.29, 0.717) is 37.2 Å². The molecule has 0 aromatic heterocycles. The summed E-state index contributed by atoms with van der Waals surface area (Å²) in [4.78, 5) is 10.7. The molecule has 158 valence electrons. The third kappa shape index (κ3) is 5.98. The average Bonchev–Trinajstić information content (AvgIpc) is 2.78. The largest absolute Gasteiger partial charge is 0.494 e. The van der Waals surface area contributed by atoms with Crippen molar-refractivity contribution >= 4 is 6.09 Å². The Hall–Kier alpha value is -3.04. The summed E-state index contributed by atoms with van der Waals surface area (Å²) in [6.45, 7) is 3.84. The van der Waals surface area contributed by atoms with E-state index in [1.165, 1.54) is 0 Å². The van der Waals surface area contributed by atoms with Crippen LogP contribution in [0, 0.1) is 17.2 Å². The molecule has 1 aliphatic carbocycles. The first-order chi connectivity index (χ1) is 14.6.